The molecule has 1 fully saturated rings. The smallest absolute Gasteiger partial charge is 0.408 e. The summed E-state index contributed by atoms with van der Waals surface area (Å²) in [5.41, 5.74) is -0.711. The van der Waals surface area contributed by atoms with Gasteiger partial charge in [0.25, 0.3) is 0 Å². The number of rotatable bonds is 4. The van der Waals surface area contributed by atoms with Gasteiger partial charge < -0.3 is 9.73 Å². The monoisotopic (exact) mass is 313 g/mol. The minimum absolute atomic E-state index is 0.0168. The highest BCUT2D eigenvalue weighted by atomic mass is 19.4. The summed E-state index contributed by atoms with van der Waals surface area (Å²) in [7, 11) is 0. The number of halogens is 3. The topological polar surface area (TPSA) is 76.7 Å². The lowest BCUT2D eigenvalue weighted by molar-refractivity contribution is -0.141. The van der Waals surface area contributed by atoms with E-state index in [1.807, 2.05) is 0 Å². The summed E-state index contributed by atoms with van der Waals surface area (Å²) < 4.78 is 43.5. The van der Waals surface area contributed by atoms with E-state index in [0.29, 0.717) is 11.8 Å². The van der Waals surface area contributed by atoms with Crippen LogP contribution in [0.4, 0.5) is 19.2 Å². The Morgan fingerprint density at radius 2 is 2.05 bits per heavy atom. The lowest BCUT2D eigenvalue weighted by Crippen LogP contribution is -2.13. The highest BCUT2D eigenvalue weighted by molar-refractivity contribution is 5.20. The van der Waals surface area contributed by atoms with E-state index in [-0.39, 0.29) is 24.1 Å². The molecule has 2 aromatic heterocycles. The van der Waals surface area contributed by atoms with E-state index in [9.17, 15) is 13.2 Å². The lowest BCUT2D eigenvalue weighted by Gasteiger charge is -2.20. The van der Waals surface area contributed by atoms with Crippen LogP contribution in [0.5, 0.6) is 0 Å². The van der Waals surface area contributed by atoms with Crippen LogP contribution in [0.3, 0.4) is 0 Å². The van der Waals surface area contributed by atoms with Gasteiger partial charge in [0, 0.05) is 11.6 Å². The van der Waals surface area contributed by atoms with Gasteiger partial charge in [-0.05, 0) is 25.8 Å². The molecule has 1 saturated carbocycles. The normalized spacial score (nSPS) is 15.6. The summed E-state index contributed by atoms with van der Waals surface area (Å²) in [6.07, 6.45) is -1.30. The van der Waals surface area contributed by atoms with Gasteiger partial charge in [-0.2, -0.15) is 13.2 Å². The number of aryl methyl sites for hydroxylation is 1. The van der Waals surface area contributed by atoms with Gasteiger partial charge in [0.1, 0.15) is 11.5 Å². The Hall–Kier alpha value is -2.19. The van der Waals surface area contributed by atoms with E-state index >= 15 is 0 Å². The third-order valence-corrected chi connectivity index (χ3v) is 3.48. The number of hydrogen-bond donors (Lipinski definition) is 1. The highest BCUT2D eigenvalue weighted by Crippen LogP contribution is 2.35. The summed E-state index contributed by atoms with van der Waals surface area (Å²) in [5.74, 6) is 0.890. The molecule has 0 spiro atoms. The van der Waals surface area contributed by atoms with Gasteiger partial charge in [-0.15, -0.1) is 5.10 Å². The van der Waals surface area contributed by atoms with Crippen LogP contribution in [-0.2, 0) is 12.7 Å². The molecule has 0 aromatic carbocycles. The van der Waals surface area contributed by atoms with E-state index in [2.05, 4.69) is 25.5 Å². The number of aromatic nitrogens is 4. The van der Waals surface area contributed by atoms with Crippen LogP contribution in [0, 0.1) is 6.92 Å². The van der Waals surface area contributed by atoms with E-state index in [0.717, 1.165) is 25.3 Å². The molecule has 0 amide bonds. The lowest BCUT2D eigenvalue weighted by atomic mass is 9.85. The number of hydrogen-bond acceptors (Lipinski definition) is 6. The molecule has 2 aromatic rings. The van der Waals surface area contributed by atoms with E-state index < -0.39 is 11.9 Å². The molecular weight excluding hydrogens is 299 g/mol. The van der Waals surface area contributed by atoms with Crippen molar-refractivity contribution in [2.75, 3.05) is 5.32 Å². The Balaban J connectivity index is 1.68. The van der Waals surface area contributed by atoms with Crippen molar-refractivity contribution in [3.63, 3.8) is 0 Å². The van der Waals surface area contributed by atoms with Gasteiger partial charge in [-0.25, -0.2) is 9.97 Å². The molecule has 9 heteroatoms. The number of nitrogens with zero attached hydrogens (tertiary/aromatic N) is 4. The summed E-state index contributed by atoms with van der Waals surface area (Å²) in [5, 5.41) is 10.5. The quantitative estimate of drug-likeness (QED) is 0.935. The van der Waals surface area contributed by atoms with Crippen LogP contribution in [0.15, 0.2) is 10.5 Å². The summed E-state index contributed by atoms with van der Waals surface area (Å²) in [6.45, 7) is 1.47. The molecular formula is C13H14F3N5O. The summed E-state index contributed by atoms with van der Waals surface area (Å²) in [6, 6.07) is 1.07. The molecule has 0 unspecified atom stereocenters. The van der Waals surface area contributed by atoms with Crippen molar-refractivity contribution in [3.8, 4) is 0 Å². The molecule has 6 nitrogen and oxygen atoms in total. The Morgan fingerprint density at radius 1 is 1.27 bits per heavy atom. The third-order valence-electron chi connectivity index (χ3n) is 3.48. The van der Waals surface area contributed by atoms with Crippen molar-refractivity contribution in [2.24, 2.45) is 0 Å². The molecule has 1 N–H and O–H groups in total. The largest absolute Gasteiger partial charge is 0.433 e. The van der Waals surface area contributed by atoms with Gasteiger partial charge in [0.15, 0.2) is 0 Å². The van der Waals surface area contributed by atoms with Crippen molar-refractivity contribution in [1.29, 1.82) is 0 Å². The van der Waals surface area contributed by atoms with Crippen LogP contribution < -0.4 is 5.32 Å². The first-order valence-electron chi connectivity index (χ1n) is 6.91. The SMILES string of the molecule is Cc1cc(C(F)(F)F)nc(CNc2nnc(C3CCC3)o2)n1. The Kier molecular flexibility index (Phi) is 3.71. The van der Waals surface area contributed by atoms with Gasteiger partial charge in [-0.3, -0.25) is 0 Å². The Labute approximate surface area is 124 Å². The molecule has 22 heavy (non-hydrogen) atoms. The van der Waals surface area contributed by atoms with Crippen molar-refractivity contribution >= 4 is 6.01 Å². The minimum Gasteiger partial charge on any atom is -0.408 e. The maximum atomic E-state index is 12.7. The summed E-state index contributed by atoms with van der Waals surface area (Å²) >= 11 is 0. The molecule has 3 rings (SSSR count). The highest BCUT2D eigenvalue weighted by Gasteiger charge is 2.33. The summed E-state index contributed by atoms with van der Waals surface area (Å²) in [4.78, 5) is 7.47. The maximum absolute atomic E-state index is 12.7. The van der Waals surface area contributed by atoms with Gasteiger partial charge in [0.05, 0.1) is 6.54 Å². The van der Waals surface area contributed by atoms with Gasteiger partial charge in [-0.1, -0.05) is 11.5 Å². The predicted octanol–water partition coefficient (Wildman–Crippen LogP) is 3.07. The van der Waals surface area contributed by atoms with E-state index in [1.54, 1.807) is 0 Å². The van der Waals surface area contributed by atoms with Crippen LogP contribution in [0.2, 0.25) is 0 Å². The third kappa shape index (κ3) is 3.18. The number of alkyl halides is 3. The van der Waals surface area contributed by atoms with E-state index in [4.69, 9.17) is 4.42 Å². The number of nitrogens with one attached hydrogen (secondary N) is 1. The van der Waals surface area contributed by atoms with Crippen molar-refractivity contribution in [3.05, 3.63) is 29.2 Å². The van der Waals surface area contributed by atoms with Crippen molar-refractivity contribution < 1.29 is 17.6 Å². The van der Waals surface area contributed by atoms with Gasteiger partial charge in [0.2, 0.25) is 5.89 Å². The molecule has 0 aliphatic heterocycles. The Morgan fingerprint density at radius 3 is 2.68 bits per heavy atom. The fraction of sp³-hybridized carbons (Fsp3) is 0.538. The van der Waals surface area contributed by atoms with E-state index in [1.165, 1.54) is 6.92 Å². The molecule has 0 atom stereocenters. The first kappa shape index (κ1) is 14.7. The average molecular weight is 313 g/mol. The minimum atomic E-state index is -4.50. The number of anilines is 1. The zero-order chi connectivity index (χ0) is 15.7. The molecule has 0 bridgehead atoms. The first-order valence-corrected chi connectivity index (χ1v) is 6.91. The van der Waals surface area contributed by atoms with Crippen LogP contribution in [-0.4, -0.2) is 20.2 Å². The Bertz CT molecular complexity index is 666. The van der Waals surface area contributed by atoms with Crippen LogP contribution in [0.1, 0.15) is 48.3 Å². The zero-order valence-corrected chi connectivity index (χ0v) is 11.8. The standard InChI is InChI=1S/C13H14F3N5O/c1-7-5-9(13(14,15)16)19-10(18-7)6-17-12-21-20-11(22-12)8-3-2-4-8/h5,8H,2-4,6H2,1H3,(H,17,21). The molecule has 1 aliphatic carbocycles. The second-order valence-electron chi connectivity index (χ2n) is 5.24. The zero-order valence-electron chi connectivity index (χ0n) is 11.8. The molecule has 0 radical (unpaired) electrons. The van der Waals surface area contributed by atoms with Crippen LogP contribution >= 0.6 is 0 Å². The first-order chi connectivity index (χ1) is 10.4. The average Bonchev–Trinajstić information content (AvgIpc) is 2.81. The molecule has 2 heterocycles. The van der Waals surface area contributed by atoms with Crippen molar-refractivity contribution in [2.45, 2.75) is 44.8 Å². The van der Waals surface area contributed by atoms with Crippen molar-refractivity contribution in [1.82, 2.24) is 20.2 Å². The fourth-order valence-corrected chi connectivity index (χ4v) is 2.14. The second kappa shape index (κ2) is 5.54. The maximum Gasteiger partial charge on any atom is 0.433 e. The van der Waals surface area contributed by atoms with Gasteiger partial charge >= 0.3 is 12.2 Å². The fourth-order valence-electron chi connectivity index (χ4n) is 2.14. The second-order valence-corrected chi connectivity index (χ2v) is 5.24. The van der Waals surface area contributed by atoms with Crippen LogP contribution in [0.25, 0.3) is 0 Å². The molecule has 1 aliphatic rings. The molecule has 0 saturated heterocycles. The predicted molar refractivity (Wildman–Crippen MR) is 70.0 cm³/mol. The molecule has 118 valence electrons.